The Balaban J connectivity index is 1.64. The summed E-state index contributed by atoms with van der Waals surface area (Å²) in [6.07, 6.45) is 2.27. The Labute approximate surface area is 195 Å². The molecule has 0 radical (unpaired) electrons. The SMILES string of the molecule is C=CC(=O)NC1CCN(S(=O)(=O)c2ccc(C(=O)NCc3cc(C)cc(C)c3)cc2)C(C)C1. The van der Waals surface area contributed by atoms with Gasteiger partial charge in [-0.05, 0) is 69.5 Å². The van der Waals surface area contributed by atoms with Crippen molar-refractivity contribution in [1.29, 1.82) is 0 Å². The molecule has 1 saturated heterocycles. The van der Waals surface area contributed by atoms with Crippen LogP contribution in [0.3, 0.4) is 0 Å². The van der Waals surface area contributed by atoms with Gasteiger partial charge in [-0.15, -0.1) is 0 Å². The average molecular weight is 470 g/mol. The van der Waals surface area contributed by atoms with Crippen LogP contribution in [0, 0.1) is 13.8 Å². The van der Waals surface area contributed by atoms with Crippen LogP contribution in [0.1, 0.15) is 46.8 Å². The Kier molecular flexibility index (Phi) is 7.71. The fourth-order valence-corrected chi connectivity index (χ4v) is 5.92. The molecular formula is C25H31N3O4S. The molecule has 7 nitrogen and oxygen atoms in total. The number of benzene rings is 2. The fourth-order valence-electron chi connectivity index (χ4n) is 4.27. The van der Waals surface area contributed by atoms with Crippen LogP contribution in [0.15, 0.2) is 60.0 Å². The number of aryl methyl sites for hydroxylation is 2. The quantitative estimate of drug-likeness (QED) is 0.609. The highest BCUT2D eigenvalue weighted by molar-refractivity contribution is 7.89. The molecule has 0 aromatic heterocycles. The molecule has 8 heteroatoms. The monoisotopic (exact) mass is 469 g/mol. The smallest absolute Gasteiger partial charge is 0.251 e. The van der Waals surface area contributed by atoms with Crippen LogP contribution >= 0.6 is 0 Å². The van der Waals surface area contributed by atoms with E-state index in [0.29, 0.717) is 31.5 Å². The minimum atomic E-state index is -3.71. The number of amides is 2. The predicted octanol–water partition coefficient (Wildman–Crippen LogP) is 3.08. The van der Waals surface area contributed by atoms with Crippen molar-refractivity contribution in [2.75, 3.05) is 6.54 Å². The van der Waals surface area contributed by atoms with Crippen molar-refractivity contribution in [3.05, 3.63) is 77.4 Å². The van der Waals surface area contributed by atoms with Crippen molar-refractivity contribution in [2.45, 2.75) is 57.1 Å². The normalized spacial score (nSPS) is 19.0. The Morgan fingerprint density at radius 2 is 1.76 bits per heavy atom. The second-order valence-electron chi connectivity index (χ2n) is 8.60. The van der Waals surface area contributed by atoms with E-state index in [2.05, 4.69) is 23.3 Å². The van der Waals surface area contributed by atoms with Crippen molar-refractivity contribution < 1.29 is 18.0 Å². The molecule has 0 aliphatic carbocycles. The van der Waals surface area contributed by atoms with Gasteiger partial charge in [0.25, 0.3) is 5.91 Å². The number of nitrogens with one attached hydrogen (secondary N) is 2. The summed E-state index contributed by atoms with van der Waals surface area (Å²) in [6.45, 7) is 10.0. The molecule has 2 amide bonds. The molecule has 2 aromatic rings. The lowest BCUT2D eigenvalue weighted by Crippen LogP contribution is -2.50. The molecule has 2 unspecified atom stereocenters. The number of rotatable bonds is 7. The molecule has 3 rings (SSSR count). The topological polar surface area (TPSA) is 95.6 Å². The van der Waals surface area contributed by atoms with Gasteiger partial charge in [0.05, 0.1) is 4.90 Å². The van der Waals surface area contributed by atoms with E-state index in [1.54, 1.807) is 0 Å². The Hall–Kier alpha value is -2.97. The van der Waals surface area contributed by atoms with Crippen molar-refractivity contribution in [3.63, 3.8) is 0 Å². The van der Waals surface area contributed by atoms with E-state index in [0.717, 1.165) is 16.7 Å². The Bertz CT molecular complexity index is 1120. The highest BCUT2D eigenvalue weighted by Gasteiger charge is 2.34. The summed E-state index contributed by atoms with van der Waals surface area (Å²) in [7, 11) is -3.71. The minimum Gasteiger partial charge on any atom is -0.350 e. The molecule has 0 spiro atoms. The molecule has 1 fully saturated rings. The van der Waals surface area contributed by atoms with Gasteiger partial charge >= 0.3 is 0 Å². The lowest BCUT2D eigenvalue weighted by Gasteiger charge is -2.36. The molecule has 0 bridgehead atoms. The zero-order chi connectivity index (χ0) is 24.2. The molecule has 1 aliphatic rings. The first-order chi connectivity index (χ1) is 15.6. The van der Waals surface area contributed by atoms with Gasteiger partial charge in [-0.1, -0.05) is 35.9 Å². The zero-order valence-corrected chi connectivity index (χ0v) is 20.1. The maximum Gasteiger partial charge on any atom is 0.251 e. The maximum atomic E-state index is 13.2. The standard InChI is InChI=1S/C25H31N3O4S/c1-5-24(29)27-22-10-11-28(19(4)15-22)33(31,32)23-8-6-21(7-9-23)25(30)26-16-20-13-17(2)12-18(3)14-20/h5-9,12-14,19,22H,1,10-11,15-16H2,2-4H3,(H,26,30)(H,27,29). The maximum absolute atomic E-state index is 13.2. The summed E-state index contributed by atoms with van der Waals surface area (Å²) < 4.78 is 27.8. The molecular weight excluding hydrogens is 438 g/mol. The van der Waals surface area contributed by atoms with Gasteiger partial charge in [-0.25, -0.2) is 8.42 Å². The van der Waals surface area contributed by atoms with Crippen LogP contribution in [0.25, 0.3) is 0 Å². The van der Waals surface area contributed by atoms with E-state index in [4.69, 9.17) is 0 Å². The Morgan fingerprint density at radius 3 is 2.33 bits per heavy atom. The van der Waals surface area contributed by atoms with Gasteiger partial charge in [0.1, 0.15) is 0 Å². The van der Waals surface area contributed by atoms with E-state index in [-0.39, 0.29) is 28.8 Å². The van der Waals surface area contributed by atoms with Crippen LogP contribution in [0.2, 0.25) is 0 Å². The fraction of sp³-hybridized carbons (Fsp3) is 0.360. The summed E-state index contributed by atoms with van der Waals surface area (Å²) >= 11 is 0. The van der Waals surface area contributed by atoms with Gasteiger partial charge in [0.15, 0.2) is 0 Å². The lowest BCUT2D eigenvalue weighted by molar-refractivity contribution is -0.117. The number of carbonyl (C=O) groups is 2. The number of sulfonamides is 1. The average Bonchev–Trinajstić information content (AvgIpc) is 2.76. The molecule has 1 heterocycles. The first kappa shape index (κ1) is 24.7. The first-order valence-corrected chi connectivity index (χ1v) is 12.4. The number of hydrogen-bond donors (Lipinski definition) is 2. The summed E-state index contributed by atoms with van der Waals surface area (Å²) in [5, 5.41) is 5.72. The number of nitrogens with zero attached hydrogens (tertiary/aromatic N) is 1. The van der Waals surface area contributed by atoms with Crippen molar-refractivity contribution >= 4 is 21.8 Å². The zero-order valence-electron chi connectivity index (χ0n) is 19.3. The van der Waals surface area contributed by atoms with Gasteiger partial charge in [-0.3, -0.25) is 9.59 Å². The van der Waals surface area contributed by atoms with Gasteiger partial charge in [0, 0.05) is 30.7 Å². The summed E-state index contributed by atoms with van der Waals surface area (Å²) in [4.78, 5) is 24.2. The van der Waals surface area contributed by atoms with E-state index < -0.39 is 10.0 Å². The second-order valence-corrected chi connectivity index (χ2v) is 10.5. The van der Waals surface area contributed by atoms with E-state index in [9.17, 15) is 18.0 Å². The van der Waals surface area contributed by atoms with Gasteiger partial charge in [0.2, 0.25) is 15.9 Å². The largest absolute Gasteiger partial charge is 0.350 e. The molecule has 0 saturated carbocycles. The number of carbonyl (C=O) groups excluding carboxylic acids is 2. The van der Waals surface area contributed by atoms with Crippen molar-refractivity contribution in [1.82, 2.24) is 14.9 Å². The lowest BCUT2D eigenvalue weighted by atomic mass is 10.0. The Morgan fingerprint density at radius 1 is 1.12 bits per heavy atom. The van der Waals surface area contributed by atoms with Gasteiger partial charge < -0.3 is 10.6 Å². The van der Waals surface area contributed by atoms with Crippen molar-refractivity contribution in [3.8, 4) is 0 Å². The predicted molar refractivity (Wildman–Crippen MR) is 128 cm³/mol. The van der Waals surface area contributed by atoms with Crippen LogP contribution in [-0.4, -0.2) is 43.2 Å². The molecule has 2 N–H and O–H groups in total. The van der Waals surface area contributed by atoms with Crippen LogP contribution in [0.4, 0.5) is 0 Å². The molecule has 2 atom stereocenters. The summed E-state index contributed by atoms with van der Waals surface area (Å²) in [6, 6.07) is 11.8. The summed E-state index contributed by atoms with van der Waals surface area (Å²) in [5.41, 5.74) is 3.68. The van der Waals surface area contributed by atoms with Crippen molar-refractivity contribution in [2.24, 2.45) is 0 Å². The third-order valence-electron chi connectivity index (χ3n) is 5.80. The van der Waals surface area contributed by atoms with Crippen LogP contribution < -0.4 is 10.6 Å². The summed E-state index contributed by atoms with van der Waals surface area (Å²) in [5.74, 6) is -0.514. The van der Waals surface area contributed by atoms with Crippen LogP contribution in [-0.2, 0) is 21.4 Å². The van der Waals surface area contributed by atoms with Gasteiger partial charge in [-0.2, -0.15) is 4.31 Å². The molecule has 33 heavy (non-hydrogen) atoms. The minimum absolute atomic E-state index is 0.0831. The third-order valence-corrected chi connectivity index (χ3v) is 7.83. The number of piperidine rings is 1. The van der Waals surface area contributed by atoms with E-state index in [1.807, 2.05) is 32.9 Å². The van der Waals surface area contributed by atoms with Crippen LogP contribution in [0.5, 0.6) is 0 Å². The second kappa shape index (κ2) is 10.3. The number of hydrogen-bond acceptors (Lipinski definition) is 4. The molecule has 176 valence electrons. The van der Waals surface area contributed by atoms with E-state index >= 15 is 0 Å². The first-order valence-electron chi connectivity index (χ1n) is 11.0. The molecule has 2 aromatic carbocycles. The third kappa shape index (κ3) is 6.09. The highest BCUT2D eigenvalue weighted by atomic mass is 32.2. The van der Waals surface area contributed by atoms with E-state index in [1.165, 1.54) is 34.6 Å². The highest BCUT2D eigenvalue weighted by Crippen LogP contribution is 2.25. The molecule has 1 aliphatic heterocycles.